The summed E-state index contributed by atoms with van der Waals surface area (Å²) in [4.78, 5) is 25.5. The molecule has 0 spiro atoms. The number of rotatable bonds is 7. The minimum absolute atomic E-state index is 0.0120. The van der Waals surface area contributed by atoms with Gasteiger partial charge in [0.2, 0.25) is 5.91 Å². The molecule has 1 aliphatic rings. The maximum Gasteiger partial charge on any atom is 0.323 e. The van der Waals surface area contributed by atoms with Crippen LogP contribution >= 0.6 is 0 Å². The first kappa shape index (κ1) is 18.0. The van der Waals surface area contributed by atoms with Gasteiger partial charge in [-0.2, -0.15) is 0 Å². The maximum atomic E-state index is 12.3. The van der Waals surface area contributed by atoms with Crippen LogP contribution in [0, 0.1) is 5.92 Å². The van der Waals surface area contributed by atoms with Gasteiger partial charge in [0.25, 0.3) is 0 Å². The third-order valence-electron chi connectivity index (χ3n) is 5.12. The Balaban J connectivity index is 2.54. The quantitative estimate of drug-likeness (QED) is 0.756. The van der Waals surface area contributed by atoms with Crippen LogP contribution < -0.4 is 5.32 Å². The number of hydrogen-bond acceptors (Lipinski definition) is 3. The summed E-state index contributed by atoms with van der Waals surface area (Å²) in [5, 5.41) is 12.3. The molecule has 2 N–H and O–H groups in total. The minimum Gasteiger partial charge on any atom is -0.480 e. The molecule has 0 aliphatic heterocycles. The predicted octanol–water partition coefficient (Wildman–Crippen LogP) is 2.26. The van der Waals surface area contributed by atoms with Crippen LogP contribution in [0.15, 0.2) is 0 Å². The van der Waals surface area contributed by atoms with E-state index in [0.29, 0.717) is 18.9 Å². The standard InChI is InChI=1S/C16H30N2O3/c1-5-16(6-2,15(20)21)17-11-14(19)18(4)13-9-7-12(3)8-10-13/h12-13,17H,5-11H2,1-4H3,(H,20,21). The van der Waals surface area contributed by atoms with Crippen LogP contribution in [0.3, 0.4) is 0 Å². The van der Waals surface area contributed by atoms with Gasteiger partial charge in [-0.3, -0.25) is 14.9 Å². The van der Waals surface area contributed by atoms with Gasteiger partial charge in [0.1, 0.15) is 5.54 Å². The highest BCUT2D eigenvalue weighted by Gasteiger charge is 2.35. The molecule has 1 amide bonds. The topological polar surface area (TPSA) is 69.6 Å². The molecule has 122 valence electrons. The van der Waals surface area contributed by atoms with Gasteiger partial charge < -0.3 is 10.0 Å². The van der Waals surface area contributed by atoms with E-state index < -0.39 is 11.5 Å². The maximum absolute atomic E-state index is 12.3. The van der Waals surface area contributed by atoms with Crippen molar-refractivity contribution >= 4 is 11.9 Å². The Morgan fingerprint density at radius 2 is 1.71 bits per heavy atom. The van der Waals surface area contributed by atoms with E-state index in [1.54, 1.807) is 4.90 Å². The summed E-state index contributed by atoms with van der Waals surface area (Å²) in [5.41, 5.74) is -0.989. The van der Waals surface area contributed by atoms with E-state index in [1.807, 2.05) is 20.9 Å². The molecule has 21 heavy (non-hydrogen) atoms. The van der Waals surface area contributed by atoms with Crippen LogP contribution in [-0.4, -0.2) is 47.1 Å². The monoisotopic (exact) mass is 298 g/mol. The smallest absolute Gasteiger partial charge is 0.323 e. The number of carboxylic acid groups (broad SMARTS) is 1. The first-order chi connectivity index (χ1) is 9.86. The molecule has 1 aliphatic carbocycles. The van der Waals surface area contributed by atoms with E-state index in [1.165, 1.54) is 12.8 Å². The summed E-state index contributed by atoms with van der Waals surface area (Å²) in [7, 11) is 1.84. The molecule has 1 fully saturated rings. The molecular formula is C16H30N2O3. The summed E-state index contributed by atoms with van der Waals surface area (Å²) in [5.74, 6) is -0.140. The van der Waals surface area contributed by atoms with E-state index >= 15 is 0 Å². The average Bonchev–Trinajstić information content (AvgIpc) is 2.48. The Hall–Kier alpha value is -1.10. The number of hydrogen-bond donors (Lipinski definition) is 2. The van der Waals surface area contributed by atoms with Crippen LogP contribution in [0.5, 0.6) is 0 Å². The lowest BCUT2D eigenvalue weighted by Crippen LogP contribution is -2.55. The molecule has 0 saturated heterocycles. The zero-order valence-corrected chi connectivity index (χ0v) is 13.8. The molecule has 0 unspecified atom stereocenters. The highest BCUT2D eigenvalue weighted by atomic mass is 16.4. The van der Waals surface area contributed by atoms with Crippen LogP contribution in [0.1, 0.15) is 59.3 Å². The van der Waals surface area contributed by atoms with Crippen LogP contribution in [-0.2, 0) is 9.59 Å². The van der Waals surface area contributed by atoms with Crippen molar-refractivity contribution in [1.82, 2.24) is 10.2 Å². The molecule has 0 heterocycles. The first-order valence-electron chi connectivity index (χ1n) is 8.10. The van der Waals surface area contributed by atoms with Gasteiger partial charge in [0, 0.05) is 13.1 Å². The van der Waals surface area contributed by atoms with Crippen LogP contribution in [0.4, 0.5) is 0 Å². The highest BCUT2D eigenvalue weighted by molar-refractivity contribution is 5.82. The SMILES string of the molecule is CCC(CC)(NCC(=O)N(C)C1CCC(C)CC1)C(=O)O. The second kappa shape index (κ2) is 7.78. The summed E-state index contributed by atoms with van der Waals surface area (Å²) < 4.78 is 0. The number of nitrogens with one attached hydrogen (secondary N) is 1. The Bertz CT molecular complexity index is 359. The Labute approximate surface area is 128 Å². The predicted molar refractivity (Wildman–Crippen MR) is 83.1 cm³/mol. The van der Waals surface area contributed by atoms with E-state index in [-0.39, 0.29) is 12.5 Å². The molecule has 0 aromatic carbocycles. The van der Waals surface area contributed by atoms with Gasteiger partial charge in [-0.15, -0.1) is 0 Å². The van der Waals surface area contributed by atoms with Crippen LogP contribution in [0.2, 0.25) is 0 Å². The van der Waals surface area contributed by atoms with Crippen molar-refractivity contribution in [2.45, 2.75) is 70.9 Å². The summed E-state index contributed by atoms with van der Waals surface area (Å²) in [6, 6.07) is 0.304. The number of amides is 1. The van der Waals surface area contributed by atoms with E-state index in [9.17, 15) is 14.7 Å². The van der Waals surface area contributed by atoms with E-state index in [2.05, 4.69) is 12.2 Å². The Morgan fingerprint density at radius 3 is 2.14 bits per heavy atom. The number of carbonyl (C=O) groups excluding carboxylic acids is 1. The van der Waals surface area contributed by atoms with Crippen molar-refractivity contribution in [3.8, 4) is 0 Å². The molecule has 1 rings (SSSR count). The fourth-order valence-electron chi connectivity index (χ4n) is 3.08. The van der Waals surface area contributed by atoms with Gasteiger partial charge in [-0.25, -0.2) is 0 Å². The van der Waals surface area contributed by atoms with Crippen LogP contribution in [0.25, 0.3) is 0 Å². The molecular weight excluding hydrogens is 268 g/mol. The van der Waals surface area contributed by atoms with Gasteiger partial charge in [0.05, 0.1) is 6.54 Å². The molecule has 1 saturated carbocycles. The van der Waals surface area contributed by atoms with Gasteiger partial charge in [-0.1, -0.05) is 20.8 Å². The largest absolute Gasteiger partial charge is 0.480 e. The zero-order chi connectivity index (χ0) is 16.0. The summed E-state index contributed by atoms with van der Waals surface area (Å²) in [6.07, 6.45) is 5.37. The van der Waals surface area contributed by atoms with E-state index in [0.717, 1.165) is 18.8 Å². The number of carboxylic acids is 1. The molecule has 0 atom stereocenters. The average molecular weight is 298 g/mol. The number of likely N-dealkylation sites (N-methyl/N-ethyl adjacent to an activating group) is 1. The molecule has 5 nitrogen and oxygen atoms in total. The lowest BCUT2D eigenvalue weighted by molar-refractivity contribution is -0.145. The second-order valence-corrected chi connectivity index (χ2v) is 6.37. The number of nitrogens with zero attached hydrogens (tertiary/aromatic N) is 1. The molecule has 5 heteroatoms. The van der Waals surface area contributed by atoms with Gasteiger partial charge in [0.15, 0.2) is 0 Å². The molecule has 0 aromatic heterocycles. The van der Waals surface area contributed by atoms with Crippen molar-refractivity contribution in [3.05, 3.63) is 0 Å². The summed E-state index contributed by atoms with van der Waals surface area (Å²) >= 11 is 0. The minimum atomic E-state index is -0.989. The molecule has 0 aromatic rings. The fourth-order valence-corrected chi connectivity index (χ4v) is 3.08. The Morgan fingerprint density at radius 1 is 1.19 bits per heavy atom. The lowest BCUT2D eigenvalue weighted by atomic mass is 9.86. The molecule has 0 radical (unpaired) electrons. The normalized spacial score (nSPS) is 22.9. The van der Waals surface area contributed by atoms with Gasteiger partial charge in [-0.05, 0) is 44.4 Å². The van der Waals surface area contributed by atoms with Crippen molar-refractivity contribution in [3.63, 3.8) is 0 Å². The van der Waals surface area contributed by atoms with Crippen molar-refractivity contribution in [1.29, 1.82) is 0 Å². The second-order valence-electron chi connectivity index (χ2n) is 6.37. The lowest BCUT2D eigenvalue weighted by Gasteiger charge is -2.35. The highest BCUT2D eigenvalue weighted by Crippen LogP contribution is 2.26. The Kier molecular flexibility index (Phi) is 6.65. The van der Waals surface area contributed by atoms with Crippen molar-refractivity contribution < 1.29 is 14.7 Å². The van der Waals surface area contributed by atoms with Gasteiger partial charge >= 0.3 is 5.97 Å². The third kappa shape index (κ3) is 4.43. The number of aliphatic carboxylic acids is 1. The first-order valence-corrected chi connectivity index (χ1v) is 8.10. The third-order valence-corrected chi connectivity index (χ3v) is 5.12. The van der Waals surface area contributed by atoms with Crippen molar-refractivity contribution in [2.24, 2.45) is 5.92 Å². The van der Waals surface area contributed by atoms with Crippen molar-refractivity contribution in [2.75, 3.05) is 13.6 Å². The molecule has 0 bridgehead atoms. The zero-order valence-electron chi connectivity index (χ0n) is 13.8. The summed E-state index contributed by atoms with van der Waals surface area (Å²) in [6.45, 7) is 6.02. The number of carbonyl (C=O) groups is 2. The van der Waals surface area contributed by atoms with E-state index in [4.69, 9.17) is 0 Å². The fraction of sp³-hybridized carbons (Fsp3) is 0.875.